The molecule has 0 aliphatic carbocycles. The van der Waals surface area contributed by atoms with Crippen LogP contribution in [0.4, 0.5) is 16.3 Å². The van der Waals surface area contributed by atoms with Gasteiger partial charge in [0.15, 0.2) is 0 Å². The third-order valence-corrected chi connectivity index (χ3v) is 5.06. The highest BCUT2D eigenvalue weighted by Gasteiger charge is 2.23. The molecule has 28 heavy (non-hydrogen) atoms. The molecule has 1 aromatic heterocycles. The summed E-state index contributed by atoms with van der Waals surface area (Å²) in [5.41, 5.74) is 7.46. The number of pyridine rings is 1. The lowest BCUT2D eigenvalue weighted by Crippen LogP contribution is -2.42. The van der Waals surface area contributed by atoms with E-state index in [2.05, 4.69) is 20.5 Å². The maximum Gasteiger partial charge on any atom is 0.319 e. The van der Waals surface area contributed by atoms with Crippen molar-refractivity contribution in [3.05, 3.63) is 52.7 Å². The fourth-order valence-electron chi connectivity index (χ4n) is 3.27. The number of nitrogens with zero attached hydrogens (tertiary/aromatic N) is 2. The first-order valence-electron chi connectivity index (χ1n) is 9.24. The van der Waals surface area contributed by atoms with Crippen LogP contribution in [-0.2, 0) is 0 Å². The van der Waals surface area contributed by atoms with Gasteiger partial charge in [0.05, 0.1) is 10.6 Å². The molecule has 0 spiro atoms. The van der Waals surface area contributed by atoms with Crippen molar-refractivity contribution in [3.8, 4) is 0 Å². The fourth-order valence-corrected chi connectivity index (χ4v) is 3.56. The fraction of sp³-hybridized carbons (Fsp3) is 0.350. The first-order valence-corrected chi connectivity index (χ1v) is 9.62. The molecule has 0 bridgehead atoms. The minimum atomic E-state index is -0.554. The topological polar surface area (TPSA) is 100 Å². The highest BCUT2D eigenvalue weighted by Crippen LogP contribution is 2.28. The average Bonchev–Trinajstić information content (AvgIpc) is 2.68. The number of amides is 3. The second-order valence-corrected chi connectivity index (χ2v) is 7.46. The van der Waals surface area contributed by atoms with Crippen LogP contribution in [0.3, 0.4) is 0 Å². The van der Waals surface area contributed by atoms with E-state index < -0.39 is 5.91 Å². The molecule has 3 amide bonds. The molecule has 0 saturated carbocycles. The van der Waals surface area contributed by atoms with Gasteiger partial charge in [0, 0.05) is 31.5 Å². The Balaban J connectivity index is 1.54. The Morgan fingerprint density at radius 1 is 1.32 bits per heavy atom. The Kier molecular flexibility index (Phi) is 6.36. The van der Waals surface area contributed by atoms with Crippen molar-refractivity contribution in [1.82, 2.24) is 10.3 Å². The third-order valence-electron chi connectivity index (χ3n) is 4.79. The number of nitrogens with two attached hydrogens (primary N) is 1. The largest absolute Gasteiger partial charge is 0.366 e. The van der Waals surface area contributed by atoms with Crippen LogP contribution in [0.5, 0.6) is 0 Å². The van der Waals surface area contributed by atoms with E-state index in [4.69, 9.17) is 17.3 Å². The minimum absolute atomic E-state index is 0.219. The summed E-state index contributed by atoms with van der Waals surface area (Å²) in [6.07, 6.45) is 3.43. The molecule has 4 N–H and O–H groups in total. The second-order valence-electron chi connectivity index (χ2n) is 7.05. The molecule has 1 aliphatic rings. The maximum absolute atomic E-state index is 12.1. The zero-order valence-corrected chi connectivity index (χ0v) is 16.5. The van der Waals surface area contributed by atoms with Crippen molar-refractivity contribution in [1.29, 1.82) is 0 Å². The van der Waals surface area contributed by atoms with Gasteiger partial charge in [0.25, 0.3) is 0 Å². The number of hydrogen-bond acceptors (Lipinski definition) is 4. The molecule has 2 aromatic rings. The number of urea groups is 1. The molecule has 1 aliphatic heterocycles. The summed E-state index contributed by atoms with van der Waals surface area (Å²) in [4.78, 5) is 29.8. The van der Waals surface area contributed by atoms with Crippen LogP contribution in [0.15, 0.2) is 36.5 Å². The van der Waals surface area contributed by atoms with Crippen LogP contribution >= 0.6 is 11.6 Å². The first kappa shape index (κ1) is 19.9. The zero-order chi connectivity index (χ0) is 20.1. The van der Waals surface area contributed by atoms with Crippen LogP contribution in [0.2, 0.25) is 5.02 Å². The highest BCUT2D eigenvalue weighted by atomic mass is 35.5. The van der Waals surface area contributed by atoms with Gasteiger partial charge in [-0.1, -0.05) is 29.3 Å². The number of rotatable bonds is 5. The van der Waals surface area contributed by atoms with E-state index in [1.54, 1.807) is 6.07 Å². The Hall–Kier alpha value is -2.80. The molecule has 8 heteroatoms. The lowest BCUT2D eigenvalue weighted by molar-refractivity contribution is 0.1000. The van der Waals surface area contributed by atoms with Crippen LogP contribution in [0, 0.1) is 12.8 Å². The quantitative estimate of drug-likeness (QED) is 0.716. The van der Waals surface area contributed by atoms with Crippen molar-refractivity contribution >= 4 is 35.0 Å². The van der Waals surface area contributed by atoms with Gasteiger partial charge in [-0.2, -0.15) is 0 Å². The smallest absolute Gasteiger partial charge is 0.319 e. The van der Waals surface area contributed by atoms with E-state index in [9.17, 15) is 9.59 Å². The Morgan fingerprint density at radius 3 is 2.75 bits per heavy atom. The number of carbonyl (C=O) groups is 2. The van der Waals surface area contributed by atoms with Gasteiger partial charge >= 0.3 is 6.03 Å². The first-order chi connectivity index (χ1) is 13.4. The molecule has 0 radical (unpaired) electrons. The number of aryl methyl sites for hydroxylation is 1. The predicted molar refractivity (Wildman–Crippen MR) is 111 cm³/mol. The molecule has 1 aromatic carbocycles. The van der Waals surface area contributed by atoms with E-state index in [1.807, 2.05) is 31.2 Å². The van der Waals surface area contributed by atoms with Crippen LogP contribution < -0.4 is 21.3 Å². The summed E-state index contributed by atoms with van der Waals surface area (Å²) < 4.78 is 0. The molecule has 3 rings (SSSR count). The molecule has 7 nitrogen and oxygen atoms in total. The summed E-state index contributed by atoms with van der Waals surface area (Å²) in [7, 11) is 0. The van der Waals surface area contributed by atoms with Crippen molar-refractivity contribution < 1.29 is 9.59 Å². The average molecular weight is 402 g/mol. The predicted octanol–water partition coefficient (Wildman–Crippen LogP) is 3.18. The van der Waals surface area contributed by atoms with Crippen molar-refractivity contribution in [2.24, 2.45) is 11.7 Å². The SMILES string of the molecule is Cc1ccc(NC(=O)NCC2CCCN(c3ncc(C(N)=O)cc3Cl)C2)cc1. The van der Waals surface area contributed by atoms with Crippen molar-refractivity contribution in [3.63, 3.8) is 0 Å². The van der Waals surface area contributed by atoms with E-state index in [1.165, 1.54) is 6.20 Å². The number of nitrogens with one attached hydrogen (secondary N) is 2. The van der Waals surface area contributed by atoms with Gasteiger partial charge in [0.2, 0.25) is 5.91 Å². The third kappa shape index (κ3) is 5.13. The van der Waals surface area contributed by atoms with Crippen LogP contribution in [-0.4, -0.2) is 36.6 Å². The van der Waals surface area contributed by atoms with Gasteiger partial charge < -0.3 is 21.3 Å². The molecular formula is C20H24ClN5O2. The molecule has 2 heterocycles. The van der Waals surface area contributed by atoms with Gasteiger partial charge in [-0.05, 0) is 43.9 Å². The number of aromatic nitrogens is 1. The standard InChI is InChI=1S/C20H24ClN5O2/c1-13-4-6-16(7-5-13)25-20(28)24-10-14-3-2-8-26(12-14)19-17(21)9-15(11-23-19)18(22)27/h4-7,9,11,14H,2-3,8,10,12H2,1H3,(H2,22,27)(H2,24,25,28). The summed E-state index contributed by atoms with van der Waals surface area (Å²) >= 11 is 6.29. The maximum atomic E-state index is 12.1. The van der Waals surface area contributed by atoms with Gasteiger partial charge in [-0.15, -0.1) is 0 Å². The number of carbonyl (C=O) groups excluding carboxylic acids is 2. The summed E-state index contributed by atoms with van der Waals surface area (Å²) in [6.45, 7) is 4.12. The van der Waals surface area contributed by atoms with Crippen LogP contribution in [0.25, 0.3) is 0 Å². The number of piperidine rings is 1. The van der Waals surface area contributed by atoms with Crippen LogP contribution in [0.1, 0.15) is 28.8 Å². The number of hydrogen-bond donors (Lipinski definition) is 3. The van der Waals surface area contributed by atoms with Gasteiger partial charge in [-0.25, -0.2) is 9.78 Å². The normalized spacial score (nSPS) is 16.5. The number of halogens is 1. The number of primary amides is 1. The monoisotopic (exact) mass is 401 g/mol. The molecular weight excluding hydrogens is 378 g/mol. The van der Waals surface area contributed by atoms with Gasteiger partial charge in [-0.3, -0.25) is 4.79 Å². The van der Waals surface area contributed by atoms with Crippen molar-refractivity contribution in [2.75, 3.05) is 29.9 Å². The molecule has 1 atom stereocenters. The Morgan fingerprint density at radius 2 is 2.07 bits per heavy atom. The van der Waals surface area contributed by atoms with Gasteiger partial charge in [0.1, 0.15) is 5.82 Å². The summed E-state index contributed by atoms with van der Waals surface area (Å²) in [5.74, 6) is 0.368. The number of anilines is 2. The number of benzene rings is 1. The Bertz CT molecular complexity index is 856. The van der Waals surface area contributed by atoms with E-state index in [-0.39, 0.29) is 17.5 Å². The Labute approximate surface area is 169 Å². The second kappa shape index (κ2) is 8.93. The summed E-state index contributed by atoms with van der Waals surface area (Å²) in [5, 5.41) is 6.18. The molecule has 148 valence electrons. The van der Waals surface area contributed by atoms with E-state index in [0.29, 0.717) is 17.4 Å². The zero-order valence-electron chi connectivity index (χ0n) is 15.7. The summed E-state index contributed by atoms with van der Waals surface area (Å²) in [6, 6.07) is 8.98. The molecule has 1 unspecified atom stereocenters. The highest BCUT2D eigenvalue weighted by molar-refractivity contribution is 6.33. The molecule has 1 fully saturated rings. The van der Waals surface area contributed by atoms with E-state index in [0.717, 1.165) is 37.2 Å². The lowest BCUT2D eigenvalue weighted by Gasteiger charge is -2.34. The lowest BCUT2D eigenvalue weighted by atomic mass is 9.98. The van der Waals surface area contributed by atoms with Crippen molar-refractivity contribution in [2.45, 2.75) is 19.8 Å². The van der Waals surface area contributed by atoms with E-state index >= 15 is 0 Å². The minimum Gasteiger partial charge on any atom is -0.366 e. The molecule has 1 saturated heterocycles.